The Bertz CT molecular complexity index is 897. The number of carbonyl (C=O) groups excluding carboxylic acids is 1. The Labute approximate surface area is 145 Å². The maximum Gasteiger partial charge on any atom is 0.278 e. The Kier molecular flexibility index (Phi) is 4.36. The third kappa shape index (κ3) is 3.03. The molecule has 0 atom stereocenters. The second-order valence-electron chi connectivity index (χ2n) is 5.64. The van der Waals surface area contributed by atoms with Crippen molar-refractivity contribution in [1.82, 2.24) is 15.0 Å². The molecule has 0 aliphatic heterocycles. The third-order valence-corrected chi connectivity index (χ3v) is 4.12. The standard InChI is InChI=1S/C18H17ClN4O/c1-11-6-4-7-12(2)16(11)20-18(24)17-13(3)23(22-21-17)15-9-5-8-14(19)10-15/h4-10H,1-3H3,(H,20,24). The summed E-state index contributed by atoms with van der Waals surface area (Å²) in [5, 5.41) is 11.6. The first-order valence-corrected chi connectivity index (χ1v) is 7.91. The van der Waals surface area contributed by atoms with Crippen LogP contribution < -0.4 is 5.32 Å². The minimum atomic E-state index is -0.279. The number of aryl methyl sites for hydroxylation is 2. The average molecular weight is 341 g/mol. The summed E-state index contributed by atoms with van der Waals surface area (Å²) in [5.41, 5.74) is 4.52. The van der Waals surface area contributed by atoms with Crippen LogP contribution in [-0.2, 0) is 0 Å². The molecular weight excluding hydrogens is 324 g/mol. The number of rotatable bonds is 3. The van der Waals surface area contributed by atoms with E-state index in [0.717, 1.165) is 22.5 Å². The van der Waals surface area contributed by atoms with Gasteiger partial charge in [-0.1, -0.05) is 41.1 Å². The monoisotopic (exact) mass is 340 g/mol. The molecule has 6 heteroatoms. The molecule has 24 heavy (non-hydrogen) atoms. The number of halogens is 1. The van der Waals surface area contributed by atoms with Crippen LogP contribution in [0.5, 0.6) is 0 Å². The van der Waals surface area contributed by atoms with Crippen molar-refractivity contribution in [3.63, 3.8) is 0 Å². The molecule has 122 valence electrons. The summed E-state index contributed by atoms with van der Waals surface area (Å²) in [7, 11) is 0. The molecule has 5 nitrogen and oxygen atoms in total. The molecule has 3 rings (SSSR count). The molecule has 0 spiro atoms. The van der Waals surface area contributed by atoms with Crippen molar-refractivity contribution in [2.75, 3.05) is 5.32 Å². The lowest BCUT2D eigenvalue weighted by molar-refractivity contribution is 0.102. The third-order valence-electron chi connectivity index (χ3n) is 3.88. The highest BCUT2D eigenvalue weighted by Gasteiger charge is 2.18. The molecule has 0 bridgehead atoms. The van der Waals surface area contributed by atoms with Gasteiger partial charge in [0.25, 0.3) is 5.91 Å². The van der Waals surface area contributed by atoms with Gasteiger partial charge in [-0.15, -0.1) is 5.10 Å². The summed E-state index contributed by atoms with van der Waals surface area (Å²) >= 11 is 6.02. The van der Waals surface area contributed by atoms with Crippen molar-refractivity contribution >= 4 is 23.2 Å². The van der Waals surface area contributed by atoms with Crippen LogP contribution >= 0.6 is 11.6 Å². The summed E-state index contributed by atoms with van der Waals surface area (Å²) in [5.74, 6) is -0.279. The Morgan fingerprint density at radius 2 is 1.75 bits per heavy atom. The number of anilines is 1. The van der Waals surface area contributed by atoms with Crippen LogP contribution in [0.1, 0.15) is 27.3 Å². The Balaban J connectivity index is 1.92. The Hall–Kier alpha value is -2.66. The van der Waals surface area contributed by atoms with Gasteiger partial charge in [0.1, 0.15) is 0 Å². The van der Waals surface area contributed by atoms with E-state index in [0.29, 0.717) is 10.7 Å². The molecule has 0 saturated heterocycles. The van der Waals surface area contributed by atoms with Crippen LogP contribution in [-0.4, -0.2) is 20.9 Å². The molecule has 0 saturated carbocycles. The van der Waals surface area contributed by atoms with Crippen LogP contribution in [0.25, 0.3) is 5.69 Å². The largest absolute Gasteiger partial charge is 0.320 e. The van der Waals surface area contributed by atoms with Crippen LogP contribution in [0.4, 0.5) is 5.69 Å². The van der Waals surface area contributed by atoms with E-state index in [1.807, 2.05) is 44.2 Å². The molecular formula is C18H17ClN4O. The normalized spacial score (nSPS) is 10.7. The zero-order chi connectivity index (χ0) is 17.3. The highest BCUT2D eigenvalue weighted by atomic mass is 35.5. The molecule has 1 amide bonds. The second-order valence-corrected chi connectivity index (χ2v) is 6.07. The highest BCUT2D eigenvalue weighted by molar-refractivity contribution is 6.30. The van der Waals surface area contributed by atoms with E-state index in [2.05, 4.69) is 15.6 Å². The van der Waals surface area contributed by atoms with Gasteiger partial charge in [0.2, 0.25) is 0 Å². The van der Waals surface area contributed by atoms with E-state index >= 15 is 0 Å². The molecule has 3 aromatic rings. The first kappa shape index (κ1) is 16.2. The summed E-state index contributed by atoms with van der Waals surface area (Å²) in [6, 6.07) is 13.1. The van der Waals surface area contributed by atoms with Crippen LogP contribution in [0, 0.1) is 20.8 Å². The molecule has 1 heterocycles. The molecule has 0 fully saturated rings. The second kappa shape index (κ2) is 6.45. The molecule has 0 aliphatic rings. The number of hydrogen-bond acceptors (Lipinski definition) is 3. The van der Waals surface area contributed by atoms with Gasteiger partial charge in [-0.2, -0.15) is 0 Å². The van der Waals surface area contributed by atoms with Crippen molar-refractivity contribution < 1.29 is 4.79 Å². The first-order valence-electron chi connectivity index (χ1n) is 7.53. The van der Waals surface area contributed by atoms with Gasteiger partial charge in [-0.05, 0) is 50.1 Å². The zero-order valence-corrected chi connectivity index (χ0v) is 14.4. The quantitative estimate of drug-likeness (QED) is 0.781. The van der Waals surface area contributed by atoms with Gasteiger partial charge in [0.15, 0.2) is 5.69 Å². The van der Waals surface area contributed by atoms with Crippen molar-refractivity contribution in [2.45, 2.75) is 20.8 Å². The van der Waals surface area contributed by atoms with Gasteiger partial charge >= 0.3 is 0 Å². The lowest BCUT2D eigenvalue weighted by Crippen LogP contribution is -2.15. The average Bonchev–Trinajstić information content (AvgIpc) is 2.92. The van der Waals surface area contributed by atoms with Gasteiger partial charge in [-0.25, -0.2) is 4.68 Å². The topological polar surface area (TPSA) is 59.8 Å². The van der Waals surface area contributed by atoms with Crippen molar-refractivity contribution in [3.05, 3.63) is 70.0 Å². The number of amides is 1. The van der Waals surface area contributed by atoms with Gasteiger partial charge in [0.05, 0.1) is 11.4 Å². The van der Waals surface area contributed by atoms with E-state index in [4.69, 9.17) is 11.6 Å². The van der Waals surface area contributed by atoms with E-state index < -0.39 is 0 Å². The molecule has 2 aromatic carbocycles. The van der Waals surface area contributed by atoms with E-state index in [-0.39, 0.29) is 11.6 Å². The predicted molar refractivity (Wildman–Crippen MR) is 95.0 cm³/mol. The van der Waals surface area contributed by atoms with Crippen molar-refractivity contribution in [3.8, 4) is 5.69 Å². The number of nitrogens with one attached hydrogen (secondary N) is 1. The van der Waals surface area contributed by atoms with E-state index in [1.54, 1.807) is 23.7 Å². The maximum atomic E-state index is 12.6. The smallest absolute Gasteiger partial charge is 0.278 e. The lowest BCUT2D eigenvalue weighted by atomic mass is 10.1. The lowest BCUT2D eigenvalue weighted by Gasteiger charge is -2.10. The van der Waals surface area contributed by atoms with Crippen molar-refractivity contribution in [1.29, 1.82) is 0 Å². The van der Waals surface area contributed by atoms with Crippen LogP contribution in [0.2, 0.25) is 5.02 Å². The molecule has 1 aromatic heterocycles. The summed E-state index contributed by atoms with van der Waals surface area (Å²) in [4.78, 5) is 12.6. The summed E-state index contributed by atoms with van der Waals surface area (Å²) < 4.78 is 1.60. The van der Waals surface area contributed by atoms with E-state index in [9.17, 15) is 4.79 Å². The number of nitrogens with zero attached hydrogens (tertiary/aromatic N) is 3. The van der Waals surface area contributed by atoms with Crippen LogP contribution in [0.3, 0.4) is 0 Å². The maximum absolute atomic E-state index is 12.6. The zero-order valence-electron chi connectivity index (χ0n) is 13.7. The van der Waals surface area contributed by atoms with Gasteiger partial charge in [-0.3, -0.25) is 4.79 Å². The number of aromatic nitrogens is 3. The minimum Gasteiger partial charge on any atom is -0.320 e. The minimum absolute atomic E-state index is 0.279. The van der Waals surface area contributed by atoms with E-state index in [1.165, 1.54) is 0 Å². The Morgan fingerprint density at radius 3 is 2.42 bits per heavy atom. The predicted octanol–water partition coefficient (Wildman–Crippen LogP) is 4.10. The summed E-state index contributed by atoms with van der Waals surface area (Å²) in [6.07, 6.45) is 0. The van der Waals surface area contributed by atoms with Crippen molar-refractivity contribution in [2.24, 2.45) is 0 Å². The number of carbonyl (C=O) groups is 1. The molecule has 0 unspecified atom stereocenters. The number of hydrogen-bond donors (Lipinski definition) is 1. The van der Waals surface area contributed by atoms with Gasteiger partial charge in [0, 0.05) is 10.7 Å². The fourth-order valence-electron chi connectivity index (χ4n) is 2.58. The highest BCUT2D eigenvalue weighted by Crippen LogP contribution is 2.21. The number of benzene rings is 2. The molecule has 0 aliphatic carbocycles. The van der Waals surface area contributed by atoms with Gasteiger partial charge < -0.3 is 5.32 Å². The Morgan fingerprint density at radius 1 is 1.08 bits per heavy atom. The fourth-order valence-corrected chi connectivity index (χ4v) is 2.76. The fraction of sp³-hybridized carbons (Fsp3) is 0.167. The summed E-state index contributed by atoms with van der Waals surface area (Å²) in [6.45, 7) is 5.72. The molecule has 0 radical (unpaired) electrons. The van der Waals surface area contributed by atoms with Crippen LogP contribution in [0.15, 0.2) is 42.5 Å². The SMILES string of the molecule is Cc1cccc(C)c1NC(=O)c1nnn(-c2cccc(Cl)c2)c1C. The first-order chi connectivity index (χ1) is 11.5. The molecule has 1 N–H and O–H groups in total. The number of para-hydroxylation sites is 1.